The Morgan fingerprint density at radius 2 is 1.80 bits per heavy atom. The fourth-order valence-corrected chi connectivity index (χ4v) is 6.33. The number of benzene rings is 1. The Hall–Kier alpha value is -3.21. The zero-order chi connectivity index (χ0) is 29.1. The fourth-order valence-electron chi connectivity index (χ4n) is 4.95. The molecule has 224 valence electrons. The van der Waals surface area contributed by atoms with E-state index in [2.05, 4.69) is 19.7 Å². The van der Waals surface area contributed by atoms with Gasteiger partial charge < -0.3 is 24.2 Å². The molecule has 0 bridgehead atoms. The topological polar surface area (TPSA) is 131 Å². The molecule has 1 unspecified atom stereocenters. The van der Waals surface area contributed by atoms with Crippen LogP contribution in [0.25, 0.3) is 17.0 Å². The van der Waals surface area contributed by atoms with Gasteiger partial charge in [0.05, 0.1) is 37.8 Å². The van der Waals surface area contributed by atoms with Crippen LogP contribution in [-0.4, -0.2) is 110 Å². The van der Waals surface area contributed by atoms with E-state index in [-0.39, 0.29) is 29.1 Å². The van der Waals surface area contributed by atoms with Crippen LogP contribution < -0.4 is 19.3 Å². The van der Waals surface area contributed by atoms with Crippen molar-refractivity contribution in [1.82, 2.24) is 34.1 Å². The summed E-state index contributed by atoms with van der Waals surface area (Å²) < 4.78 is 69.5. The highest BCUT2D eigenvalue weighted by atomic mass is 32.2. The molecule has 16 heteroatoms. The summed E-state index contributed by atoms with van der Waals surface area (Å²) in [5, 5.41) is 0. The highest BCUT2D eigenvalue weighted by molar-refractivity contribution is 7.89. The van der Waals surface area contributed by atoms with Gasteiger partial charge in [-0.1, -0.05) is 6.07 Å². The van der Waals surface area contributed by atoms with Crippen LogP contribution in [0.5, 0.6) is 5.75 Å². The van der Waals surface area contributed by atoms with Gasteiger partial charge >= 0.3 is 0 Å². The molecule has 0 spiro atoms. The van der Waals surface area contributed by atoms with Gasteiger partial charge in [-0.3, -0.25) is 4.57 Å². The quantitative estimate of drug-likeness (QED) is 0.368. The Bertz CT molecular complexity index is 1460. The lowest BCUT2D eigenvalue weighted by Crippen LogP contribution is -2.52. The molecule has 0 aliphatic carbocycles. The Morgan fingerprint density at radius 3 is 2.51 bits per heavy atom. The van der Waals surface area contributed by atoms with Gasteiger partial charge in [-0.2, -0.15) is 19.7 Å². The number of alkyl halides is 2. The van der Waals surface area contributed by atoms with E-state index in [1.165, 1.54) is 11.7 Å². The van der Waals surface area contributed by atoms with Crippen molar-refractivity contribution in [2.75, 3.05) is 76.2 Å². The highest BCUT2D eigenvalue weighted by Crippen LogP contribution is 2.33. The normalized spacial score (nSPS) is 18.6. The van der Waals surface area contributed by atoms with Gasteiger partial charge in [-0.05, 0) is 45.5 Å². The maximum absolute atomic E-state index is 14.4. The van der Waals surface area contributed by atoms with E-state index in [1.54, 1.807) is 28.0 Å². The maximum Gasteiger partial charge on any atom is 0.296 e. The molecule has 2 saturated heterocycles. The fraction of sp³-hybridized carbons (Fsp3) is 0.600. The van der Waals surface area contributed by atoms with E-state index in [0.29, 0.717) is 57.1 Å². The van der Waals surface area contributed by atoms with E-state index in [0.717, 1.165) is 12.8 Å². The number of sulfonamides is 1. The Kier molecular flexibility index (Phi) is 8.82. The van der Waals surface area contributed by atoms with Gasteiger partial charge in [0.15, 0.2) is 5.82 Å². The first-order valence-electron chi connectivity index (χ1n) is 13.5. The predicted molar refractivity (Wildman–Crippen MR) is 149 cm³/mol. The number of piperidine rings is 1. The molecule has 5 rings (SSSR count). The zero-order valence-corrected chi connectivity index (χ0v) is 24.1. The van der Waals surface area contributed by atoms with E-state index >= 15 is 0 Å². The number of hydrogen-bond acceptors (Lipinski definition) is 11. The molecule has 0 radical (unpaired) electrons. The summed E-state index contributed by atoms with van der Waals surface area (Å²) in [7, 11) is 1.45. The number of anilines is 2. The number of nitrogens with zero attached hydrogens (tertiary/aromatic N) is 8. The Labute approximate surface area is 237 Å². The summed E-state index contributed by atoms with van der Waals surface area (Å²) in [6.07, 6.45) is -1.38. The van der Waals surface area contributed by atoms with Gasteiger partial charge in [0, 0.05) is 26.2 Å². The van der Waals surface area contributed by atoms with Crippen LogP contribution in [0.3, 0.4) is 0 Å². The van der Waals surface area contributed by atoms with Crippen molar-refractivity contribution in [3.63, 3.8) is 0 Å². The van der Waals surface area contributed by atoms with Crippen molar-refractivity contribution >= 4 is 33.0 Å². The van der Waals surface area contributed by atoms with Crippen molar-refractivity contribution in [2.24, 2.45) is 0 Å². The summed E-state index contributed by atoms with van der Waals surface area (Å²) >= 11 is 0. The average molecular weight is 596 g/mol. The molecular weight excluding hydrogens is 560 g/mol. The predicted octanol–water partition coefficient (Wildman–Crippen LogP) is 1.79. The van der Waals surface area contributed by atoms with Gasteiger partial charge in [0.25, 0.3) is 6.43 Å². The van der Waals surface area contributed by atoms with Crippen LogP contribution in [0.4, 0.5) is 20.7 Å². The summed E-state index contributed by atoms with van der Waals surface area (Å²) in [5.41, 5.74) is 0.606. The molecule has 1 atom stereocenters. The van der Waals surface area contributed by atoms with Crippen LogP contribution in [-0.2, 0) is 14.8 Å². The van der Waals surface area contributed by atoms with Crippen LogP contribution in [0.1, 0.15) is 31.5 Å². The molecule has 41 heavy (non-hydrogen) atoms. The molecule has 1 N–H and O–H groups in total. The summed E-state index contributed by atoms with van der Waals surface area (Å²) in [5.74, 6) is 0.192. The number of ether oxygens (including phenoxy) is 2. The van der Waals surface area contributed by atoms with E-state index in [4.69, 9.17) is 14.5 Å². The number of morpholine rings is 1. The molecular formula is C25H35F2N9O4S. The van der Waals surface area contributed by atoms with E-state index in [9.17, 15) is 17.2 Å². The third-order valence-electron chi connectivity index (χ3n) is 7.07. The summed E-state index contributed by atoms with van der Waals surface area (Å²) in [6, 6.07) is 4.98. The highest BCUT2D eigenvalue weighted by Gasteiger charge is 2.31. The van der Waals surface area contributed by atoms with Gasteiger partial charge in [0.1, 0.15) is 11.3 Å². The second-order valence-electron chi connectivity index (χ2n) is 10.2. The van der Waals surface area contributed by atoms with Crippen molar-refractivity contribution in [3.05, 3.63) is 24.0 Å². The first-order valence-corrected chi connectivity index (χ1v) is 15.2. The minimum absolute atomic E-state index is 0.0395. The lowest BCUT2D eigenvalue weighted by molar-refractivity contribution is 0.122. The van der Waals surface area contributed by atoms with Crippen LogP contribution in [0.15, 0.2) is 18.2 Å². The number of nitrogens with one attached hydrogen (secondary N) is 1. The second kappa shape index (κ2) is 12.3. The number of aromatic nitrogens is 5. The first-order chi connectivity index (χ1) is 19.7. The number of rotatable bonds is 10. The number of methoxy groups -OCH3 is 1. The number of imidazole rings is 1. The molecule has 4 heterocycles. The van der Waals surface area contributed by atoms with Crippen molar-refractivity contribution in [2.45, 2.75) is 31.9 Å². The molecule has 13 nitrogen and oxygen atoms in total. The molecule has 2 aliphatic heterocycles. The standard InChI is InChI=1S/C25H35F2N9O4S/c1-33(2)13-16-41(37,38)32-19-9-4-5-10-35(19)24-29-23(34-11-14-40-15-12-34)30-25(31-24)36-17-7-6-8-18(39-3)20(17)28-22(36)21(26)27/h6-8,19,21,32H,4-5,9-16H2,1-3H3. The van der Waals surface area contributed by atoms with Crippen molar-refractivity contribution in [1.29, 1.82) is 0 Å². The maximum atomic E-state index is 14.4. The zero-order valence-electron chi connectivity index (χ0n) is 23.3. The van der Waals surface area contributed by atoms with Gasteiger partial charge in [0.2, 0.25) is 27.9 Å². The minimum Gasteiger partial charge on any atom is -0.494 e. The number of para-hydroxylation sites is 1. The lowest BCUT2D eigenvalue weighted by atomic mass is 10.1. The third kappa shape index (κ3) is 6.50. The van der Waals surface area contributed by atoms with Crippen LogP contribution >= 0.6 is 0 Å². The number of fused-ring (bicyclic) bond motifs is 1. The molecule has 2 aromatic heterocycles. The molecule has 0 saturated carbocycles. The lowest BCUT2D eigenvalue weighted by Gasteiger charge is -2.36. The number of hydrogen-bond donors (Lipinski definition) is 1. The van der Waals surface area contributed by atoms with E-state index < -0.39 is 28.4 Å². The van der Waals surface area contributed by atoms with Crippen molar-refractivity contribution < 1.29 is 26.7 Å². The molecule has 2 aliphatic rings. The van der Waals surface area contributed by atoms with Gasteiger partial charge in [-0.15, -0.1) is 0 Å². The SMILES string of the molecule is COc1cccc2c1nc(C(F)F)n2-c1nc(N2CCOCC2)nc(N2CCCCC2NS(=O)(=O)CCN(C)C)n1. The summed E-state index contributed by atoms with van der Waals surface area (Å²) in [4.78, 5) is 23.7. The smallest absolute Gasteiger partial charge is 0.296 e. The monoisotopic (exact) mass is 595 g/mol. The minimum atomic E-state index is -3.62. The first kappa shape index (κ1) is 29.3. The molecule has 0 amide bonds. The van der Waals surface area contributed by atoms with Crippen molar-refractivity contribution in [3.8, 4) is 11.7 Å². The molecule has 1 aromatic carbocycles. The van der Waals surface area contributed by atoms with Gasteiger partial charge in [-0.25, -0.2) is 22.2 Å². The Balaban J connectivity index is 1.62. The number of halogens is 2. The largest absolute Gasteiger partial charge is 0.494 e. The molecule has 3 aromatic rings. The molecule has 2 fully saturated rings. The van der Waals surface area contributed by atoms with Crippen LogP contribution in [0.2, 0.25) is 0 Å². The Morgan fingerprint density at radius 1 is 1.07 bits per heavy atom. The third-order valence-corrected chi connectivity index (χ3v) is 8.42. The van der Waals surface area contributed by atoms with Crippen LogP contribution in [0, 0.1) is 0 Å². The van der Waals surface area contributed by atoms with E-state index in [1.807, 2.05) is 19.0 Å². The average Bonchev–Trinajstić information content (AvgIpc) is 3.37. The second-order valence-corrected chi connectivity index (χ2v) is 12.1. The summed E-state index contributed by atoms with van der Waals surface area (Å²) in [6.45, 7) is 2.77.